The summed E-state index contributed by atoms with van der Waals surface area (Å²) in [5.41, 5.74) is 26.0. The highest BCUT2D eigenvalue weighted by atomic mass is 15.1. The Hall–Kier alpha value is -8.60. The van der Waals surface area contributed by atoms with Gasteiger partial charge in [0.25, 0.3) is 0 Å². The Labute approximate surface area is 419 Å². The molecule has 0 radical (unpaired) electrons. The smallest absolute Gasteiger partial charge is 0.0804 e. The third-order valence-electron chi connectivity index (χ3n) is 15.5. The van der Waals surface area contributed by atoms with Crippen molar-refractivity contribution in [1.29, 1.82) is 0 Å². The van der Waals surface area contributed by atoms with Crippen molar-refractivity contribution < 1.29 is 0 Å². The maximum absolute atomic E-state index is 2.61. The first-order chi connectivity index (χ1) is 35.0. The van der Waals surface area contributed by atoms with Crippen LogP contribution in [-0.2, 0) is 0 Å². The van der Waals surface area contributed by atoms with Crippen LogP contribution in [0.5, 0.6) is 0 Å². The van der Waals surface area contributed by atoms with Crippen molar-refractivity contribution in [3.05, 3.63) is 226 Å². The van der Waals surface area contributed by atoms with Gasteiger partial charge in [-0.15, -0.1) is 0 Å². The predicted molar refractivity (Wildman–Crippen MR) is 307 cm³/mol. The van der Waals surface area contributed by atoms with Gasteiger partial charge in [0.2, 0.25) is 0 Å². The van der Waals surface area contributed by atoms with Crippen molar-refractivity contribution in [2.24, 2.45) is 0 Å². The fourth-order valence-corrected chi connectivity index (χ4v) is 12.3. The van der Waals surface area contributed by atoms with Crippen molar-refractivity contribution in [3.63, 3.8) is 0 Å². The number of rotatable bonds is 5. The number of fused-ring (bicyclic) bond motifs is 12. The monoisotopic (exact) mass is 926 g/mol. The molecule has 0 bridgehead atoms. The van der Waals surface area contributed by atoms with E-state index in [1.54, 1.807) is 0 Å². The Bertz CT molecular complexity index is 4130. The molecule has 0 aliphatic heterocycles. The molecule has 0 saturated heterocycles. The van der Waals surface area contributed by atoms with Crippen LogP contribution in [0.2, 0.25) is 0 Å². The Morgan fingerprint density at radius 3 is 0.681 bits per heavy atom. The van der Waals surface area contributed by atoms with Crippen LogP contribution in [0.4, 0.5) is 0 Å². The van der Waals surface area contributed by atoms with Gasteiger partial charge in [-0.1, -0.05) is 123 Å². The van der Waals surface area contributed by atoms with Crippen molar-refractivity contribution in [2.45, 2.75) is 55.4 Å². The molecule has 0 aliphatic carbocycles. The van der Waals surface area contributed by atoms with E-state index in [4.69, 9.17) is 0 Å². The van der Waals surface area contributed by atoms with Crippen LogP contribution in [-0.4, -0.2) is 18.3 Å². The van der Waals surface area contributed by atoms with Gasteiger partial charge in [-0.3, -0.25) is 0 Å². The zero-order chi connectivity index (χ0) is 48.8. The number of benzene rings is 10. The van der Waals surface area contributed by atoms with Crippen LogP contribution >= 0.6 is 0 Å². The Morgan fingerprint density at radius 2 is 0.444 bits per heavy atom. The highest BCUT2D eigenvalue weighted by Crippen LogP contribution is 2.50. The maximum atomic E-state index is 2.61. The standard InChI is InChI=1S/C68H54N4/c1-39-14-22-56-48(30-39)49-31-40(2)15-23-57(49)69(56)64-38-65(70-58-24-16-41(3)32-50(58)51-33-42(4)17-25-59(51)70)68(72-62-28-20-45(7)36-54(62)55-37-46(8)21-29-63(55)72)66(47-12-10-9-11-13-47)67(64)71-60-26-18-43(5)34-52(60)53-35-44(6)19-27-61(53)71/h9-38H,1-8H3. The zero-order valence-electron chi connectivity index (χ0n) is 42.1. The van der Waals surface area contributed by atoms with Crippen LogP contribution in [0.1, 0.15) is 44.5 Å². The number of aromatic nitrogens is 4. The largest absolute Gasteiger partial charge is 0.307 e. The van der Waals surface area contributed by atoms with Crippen LogP contribution in [0.3, 0.4) is 0 Å². The molecule has 346 valence electrons. The highest BCUT2D eigenvalue weighted by molar-refractivity contribution is 6.17. The minimum atomic E-state index is 1.10. The van der Waals surface area contributed by atoms with E-state index in [-0.39, 0.29) is 0 Å². The summed E-state index contributed by atoms with van der Waals surface area (Å²) in [7, 11) is 0. The second kappa shape index (κ2) is 15.4. The summed E-state index contributed by atoms with van der Waals surface area (Å²) < 4.78 is 10.4. The molecular formula is C68H54N4. The summed E-state index contributed by atoms with van der Waals surface area (Å²) in [5, 5.41) is 9.96. The van der Waals surface area contributed by atoms with Gasteiger partial charge in [-0.05, 0) is 164 Å². The first kappa shape index (κ1) is 42.3. The van der Waals surface area contributed by atoms with E-state index in [1.165, 1.54) is 132 Å². The first-order valence-electron chi connectivity index (χ1n) is 25.3. The van der Waals surface area contributed by atoms with Gasteiger partial charge in [0.05, 0.1) is 66.9 Å². The molecule has 14 aromatic rings. The zero-order valence-corrected chi connectivity index (χ0v) is 42.1. The Morgan fingerprint density at radius 1 is 0.222 bits per heavy atom. The molecule has 0 saturated carbocycles. The summed E-state index contributed by atoms with van der Waals surface area (Å²) in [6.45, 7) is 17.7. The molecule has 0 fully saturated rings. The maximum Gasteiger partial charge on any atom is 0.0804 e. The van der Waals surface area contributed by atoms with Gasteiger partial charge in [0, 0.05) is 48.7 Å². The van der Waals surface area contributed by atoms with Gasteiger partial charge in [0.15, 0.2) is 0 Å². The van der Waals surface area contributed by atoms with E-state index in [9.17, 15) is 0 Å². The van der Waals surface area contributed by atoms with Crippen molar-refractivity contribution in [1.82, 2.24) is 18.3 Å². The Kier molecular flexibility index (Phi) is 9.07. The molecule has 0 N–H and O–H groups in total. The Balaban J connectivity index is 1.33. The summed E-state index contributed by atoms with van der Waals surface area (Å²) >= 11 is 0. The van der Waals surface area contributed by atoms with E-state index in [1.807, 2.05) is 0 Å². The van der Waals surface area contributed by atoms with Crippen molar-refractivity contribution in [3.8, 4) is 33.9 Å². The minimum Gasteiger partial charge on any atom is -0.307 e. The van der Waals surface area contributed by atoms with Crippen LogP contribution in [0.15, 0.2) is 182 Å². The lowest BCUT2D eigenvalue weighted by Crippen LogP contribution is -2.13. The number of nitrogens with zero attached hydrogens (tertiary/aromatic N) is 4. The molecule has 0 aliphatic rings. The van der Waals surface area contributed by atoms with Gasteiger partial charge in [0.1, 0.15) is 0 Å². The highest BCUT2D eigenvalue weighted by Gasteiger charge is 2.31. The molecule has 4 heteroatoms. The van der Waals surface area contributed by atoms with E-state index >= 15 is 0 Å². The second-order valence-electron chi connectivity index (χ2n) is 20.9. The summed E-state index contributed by atoms with van der Waals surface area (Å²) in [4.78, 5) is 0. The number of hydrogen-bond acceptors (Lipinski definition) is 0. The first-order valence-corrected chi connectivity index (χ1v) is 25.3. The SMILES string of the molecule is Cc1ccc2c(c1)c1cc(C)ccc1n2-c1cc(-n2c3ccc(C)cc3c3cc(C)ccc32)c(-n2c3ccc(C)cc3c3cc(C)ccc32)c(-c2ccccc2)c1-n1c2ccc(C)cc2c2cc(C)ccc21. The lowest BCUT2D eigenvalue weighted by Gasteiger charge is -2.28. The van der Waals surface area contributed by atoms with E-state index < -0.39 is 0 Å². The summed E-state index contributed by atoms with van der Waals surface area (Å²) in [6, 6.07) is 69.9. The average molecular weight is 927 g/mol. The van der Waals surface area contributed by atoms with Crippen LogP contribution in [0.25, 0.3) is 121 Å². The van der Waals surface area contributed by atoms with Gasteiger partial charge in [-0.2, -0.15) is 0 Å². The van der Waals surface area contributed by atoms with Gasteiger partial charge < -0.3 is 18.3 Å². The van der Waals surface area contributed by atoms with Crippen LogP contribution in [0, 0.1) is 55.4 Å². The fraction of sp³-hybridized carbons (Fsp3) is 0.118. The molecule has 10 aromatic carbocycles. The van der Waals surface area contributed by atoms with Crippen LogP contribution < -0.4 is 0 Å². The predicted octanol–water partition coefficient (Wildman–Crippen LogP) is 18.2. The third kappa shape index (κ3) is 6.11. The molecule has 4 heterocycles. The van der Waals surface area contributed by atoms with E-state index in [2.05, 4.69) is 256 Å². The molecule has 0 spiro atoms. The normalized spacial score (nSPS) is 12.2. The molecule has 4 nitrogen and oxygen atoms in total. The molecule has 0 amide bonds. The average Bonchev–Trinajstić information content (AvgIpc) is 4.07. The second-order valence-corrected chi connectivity index (χ2v) is 20.9. The lowest BCUT2D eigenvalue weighted by atomic mass is 9.96. The topological polar surface area (TPSA) is 19.7 Å². The molecular weight excluding hydrogens is 873 g/mol. The molecule has 0 unspecified atom stereocenters. The molecule has 14 rings (SSSR count). The van der Waals surface area contributed by atoms with E-state index in [0.29, 0.717) is 0 Å². The summed E-state index contributed by atoms with van der Waals surface area (Å²) in [6.07, 6.45) is 0. The van der Waals surface area contributed by atoms with E-state index in [0.717, 1.165) is 33.9 Å². The number of aryl methyl sites for hydroxylation is 8. The van der Waals surface area contributed by atoms with Crippen molar-refractivity contribution in [2.75, 3.05) is 0 Å². The van der Waals surface area contributed by atoms with Gasteiger partial charge in [-0.25, -0.2) is 0 Å². The third-order valence-corrected chi connectivity index (χ3v) is 15.5. The lowest BCUT2D eigenvalue weighted by molar-refractivity contribution is 1.04. The fourth-order valence-electron chi connectivity index (χ4n) is 12.3. The minimum absolute atomic E-state index is 1.10. The summed E-state index contributed by atoms with van der Waals surface area (Å²) in [5.74, 6) is 0. The molecule has 0 atom stereocenters. The molecule has 4 aromatic heterocycles. The van der Waals surface area contributed by atoms with Crippen molar-refractivity contribution >= 4 is 87.2 Å². The van der Waals surface area contributed by atoms with Gasteiger partial charge >= 0.3 is 0 Å². The number of hydrogen-bond donors (Lipinski definition) is 0. The molecule has 72 heavy (non-hydrogen) atoms. The quantitative estimate of drug-likeness (QED) is 0.164.